The molecule has 0 radical (unpaired) electrons. The van der Waals surface area contributed by atoms with E-state index in [4.69, 9.17) is 4.74 Å². The molecule has 0 aliphatic carbocycles. The van der Waals surface area contributed by atoms with Gasteiger partial charge in [-0.3, -0.25) is 4.79 Å². The zero-order chi connectivity index (χ0) is 23.9. The van der Waals surface area contributed by atoms with Crippen molar-refractivity contribution >= 4 is 40.0 Å². The second-order valence-corrected chi connectivity index (χ2v) is 8.88. The third kappa shape index (κ3) is 6.07. The third-order valence-corrected chi connectivity index (χ3v) is 6.81. The van der Waals surface area contributed by atoms with Crippen molar-refractivity contribution in [1.82, 2.24) is 15.3 Å². The summed E-state index contributed by atoms with van der Waals surface area (Å²) in [5.41, 5.74) is 2.11. The first-order valence-corrected chi connectivity index (χ1v) is 11.9. The highest BCUT2D eigenvalue weighted by Crippen LogP contribution is 2.29. The van der Waals surface area contributed by atoms with Gasteiger partial charge in [-0.25, -0.2) is 14.4 Å². The number of rotatable bonds is 8. The molecular weight excluding hydrogens is 546 g/mol. The number of nitrogens with zero attached hydrogens (tertiary/aromatic N) is 2. The van der Waals surface area contributed by atoms with Crippen LogP contribution in [-0.4, -0.2) is 21.9 Å². The van der Waals surface area contributed by atoms with Gasteiger partial charge in [0.15, 0.2) is 0 Å². The van der Waals surface area contributed by atoms with Crippen LogP contribution in [0.5, 0.6) is 11.6 Å². The summed E-state index contributed by atoms with van der Waals surface area (Å²) in [4.78, 5) is 21.5. The molecule has 0 saturated carbocycles. The average Bonchev–Trinajstić information content (AvgIpc) is 2.86. The van der Waals surface area contributed by atoms with Crippen molar-refractivity contribution in [2.24, 2.45) is 0 Å². The standard InChI is InChI=1S/C26H22FIN4O2/c1-17(24(28)18-7-9-19(27)10-8-18)31-25(33)22-5-4-16-30-26(22)34-21-13-11-20(12-14-21)32-23-6-2-3-15-29-23/h2-17,24H,1H3,(H,29,32)(H,31,33). The number of ether oxygens (including phenoxy) is 1. The average molecular weight is 568 g/mol. The maximum atomic E-state index is 13.2. The lowest BCUT2D eigenvalue weighted by Crippen LogP contribution is -2.35. The monoisotopic (exact) mass is 568 g/mol. The summed E-state index contributed by atoms with van der Waals surface area (Å²) in [6, 6.07) is 22.4. The Kier molecular flexibility index (Phi) is 7.69. The number of benzene rings is 2. The Labute approximate surface area is 210 Å². The summed E-state index contributed by atoms with van der Waals surface area (Å²) in [6.07, 6.45) is 3.29. The smallest absolute Gasteiger partial charge is 0.257 e. The van der Waals surface area contributed by atoms with E-state index in [1.165, 1.54) is 12.1 Å². The van der Waals surface area contributed by atoms with Gasteiger partial charge in [-0.2, -0.15) is 0 Å². The van der Waals surface area contributed by atoms with E-state index in [0.29, 0.717) is 11.3 Å². The molecule has 0 spiro atoms. The van der Waals surface area contributed by atoms with Crippen LogP contribution in [0.2, 0.25) is 0 Å². The fourth-order valence-corrected chi connectivity index (χ4v) is 3.84. The van der Waals surface area contributed by atoms with Crippen molar-refractivity contribution in [3.05, 3.63) is 108 Å². The predicted molar refractivity (Wildman–Crippen MR) is 138 cm³/mol. The molecule has 0 aliphatic rings. The van der Waals surface area contributed by atoms with Crippen LogP contribution in [0.3, 0.4) is 0 Å². The normalized spacial score (nSPS) is 12.4. The Morgan fingerprint density at radius 2 is 1.68 bits per heavy atom. The molecule has 2 N–H and O–H groups in total. The Hall–Kier alpha value is -3.53. The highest BCUT2D eigenvalue weighted by atomic mass is 127. The summed E-state index contributed by atoms with van der Waals surface area (Å²) in [6.45, 7) is 1.91. The number of alkyl halides is 1. The molecule has 4 aromatic rings. The molecule has 2 aromatic heterocycles. The van der Waals surface area contributed by atoms with Crippen LogP contribution in [0.4, 0.5) is 15.9 Å². The minimum atomic E-state index is -0.298. The van der Waals surface area contributed by atoms with Gasteiger partial charge >= 0.3 is 0 Å². The van der Waals surface area contributed by atoms with Gasteiger partial charge in [-0.05, 0) is 73.2 Å². The van der Waals surface area contributed by atoms with Crippen LogP contribution in [0, 0.1) is 5.82 Å². The predicted octanol–water partition coefficient (Wildman–Crippen LogP) is 6.45. The summed E-state index contributed by atoms with van der Waals surface area (Å²) in [7, 11) is 0. The first-order valence-electron chi connectivity index (χ1n) is 10.6. The van der Waals surface area contributed by atoms with Gasteiger partial charge in [-0.1, -0.05) is 40.8 Å². The molecule has 1 amide bonds. The number of nitrogens with one attached hydrogen (secondary N) is 2. The molecule has 34 heavy (non-hydrogen) atoms. The first kappa shape index (κ1) is 23.6. The maximum Gasteiger partial charge on any atom is 0.257 e. The quantitative estimate of drug-likeness (QED) is 0.189. The molecule has 0 saturated heterocycles. The molecule has 2 unspecified atom stereocenters. The molecule has 0 fully saturated rings. The Bertz CT molecular complexity index is 1240. The Morgan fingerprint density at radius 1 is 0.941 bits per heavy atom. The Balaban J connectivity index is 1.43. The fraction of sp³-hybridized carbons (Fsp3) is 0.115. The van der Waals surface area contributed by atoms with Gasteiger partial charge in [-0.15, -0.1) is 0 Å². The number of carbonyl (C=O) groups is 1. The maximum absolute atomic E-state index is 13.2. The lowest BCUT2D eigenvalue weighted by atomic mass is 10.1. The van der Waals surface area contributed by atoms with Gasteiger partial charge in [0.1, 0.15) is 22.9 Å². The van der Waals surface area contributed by atoms with E-state index in [0.717, 1.165) is 17.1 Å². The van der Waals surface area contributed by atoms with Crippen molar-refractivity contribution in [2.75, 3.05) is 5.32 Å². The lowest BCUT2D eigenvalue weighted by Gasteiger charge is -2.21. The number of carbonyl (C=O) groups excluding carboxylic acids is 1. The van der Waals surface area contributed by atoms with Crippen molar-refractivity contribution in [3.63, 3.8) is 0 Å². The summed E-state index contributed by atoms with van der Waals surface area (Å²) < 4.78 is 19.1. The molecule has 0 aliphatic heterocycles. The number of amides is 1. The van der Waals surface area contributed by atoms with Gasteiger partial charge in [0.25, 0.3) is 5.91 Å². The molecule has 172 valence electrons. The molecule has 4 rings (SSSR count). The van der Waals surface area contributed by atoms with Crippen molar-refractivity contribution in [1.29, 1.82) is 0 Å². The highest BCUT2D eigenvalue weighted by Gasteiger charge is 2.21. The van der Waals surface area contributed by atoms with E-state index < -0.39 is 0 Å². The van der Waals surface area contributed by atoms with Crippen molar-refractivity contribution < 1.29 is 13.9 Å². The third-order valence-electron chi connectivity index (χ3n) is 5.01. The molecule has 2 atom stereocenters. The van der Waals surface area contributed by atoms with Gasteiger partial charge in [0, 0.05) is 24.1 Å². The number of halogens is 2. The zero-order valence-electron chi connectivity index (χ0n) is 18.3. The minimum absolute atomic E-state index is 0.0395. The van der Waals surface area contributed by atoms with Gasteiger partial charge < -0.3 is 15.4 Å². The van der Waals surface area contributed by atoms with Crippen LogP contribution in [0.15, 0.2) is 91.3 Å². The van der Waals surface area contributed by atoms with Crippen LogP contribution in [-0.2, 0) is 0 Å². The number of aromatic nitrogens is 2. The molecule has 0 bridgehead atoms. The summed E-state index contributed by atoms with van der Waals surface area (Å²) in [5.74, 6) is 0.910. The van der Waals surface area contributed by atoms with Crippen molar-refractivity contribution in [3.8, 4) is 11.6 Å². The first-order chi connectivity index (χ1) is 16.5. The number of anilines is 2. The number of hydrogen-bond donors (Lipinski definition) is 2. The molecule has 2 aromatic carbocycles. The second-order valence-electron chi connectivity index (χ2n) is 7.54. The molecule has 2 heterocycles. The highest BCUT2D eigenvalue weighted by molar-refractivity contribution is 14.1. The van der Waals surface area contributed by atoms with Crippen molar-refractivity contribution in [2.45, 2.75) is 16.9 Å². The SMILES string of the molecule is CC(NC(=O)c1cccnc1Oc1ccc(Nc2ccccn2)cc1)C(I)c1ccc(F)cc1. The van der Waals surface area contributed by atoms with Crippen LogP contribution in [0.25, 0.3) is 0 Å². The van der Waals surface area contributed by atoms with E-state index in [-0.39, 0.29) is 27.6 Å². The van der Waals surface area contributed by atoms with E-state index >= 15 is 0 Å². The number of pyridine rings is 2. The summed E-state index contributed by atoms with van der Waals surface area (Å²) in [5, 5.41) is 6.20. The van der Waals surface area contributed by atoms with E-state index in [2.05, 4.69) is 43.2 Å². The second kappa shape index (κ2) is 11.1. The summed E-state index contributed by atoms with van der Waals surface area (Å²) >= 11 is 2.24. The Morgan fingerprint density at radius 3 is 2.38 bits per heavy atom. The largest absolute Gasteiger partial charge is 0.438 e. The molecule has 6 nitrogen and oxygen atoms in total. The fourth-order valence-electron chi connectivity index (χ4n) is 3.24. The van der Waals surface area contributed by atoms with E-state index in [1.807, 2.05) is 37.3 Å². The van der Waals surface area contributed by atoms with E-state index in [1.54, 1.807) is 48.8 Å². The van der Waals surface area contributed by atoms with Crippen LogP contribution >= 0.6 is 22.6 Å². The van der Waals surface area contributed by atoms with Gasteiger partial charge in [0.05, 0.1) is 3.92 Å². The topological polar surface area (TPSA) is 76.1 Å². The zero-order valence-corrected chi connectivity index (χ0v) is 20.4. The van der Waals surface area contributed by atoms with Gasteiger partial charge in [0.2, 0.25) is 5.88 Å². The van der Waals surface area contributed by atoms with E-state index in [9.17, 15) is 9.18 Å². The van der Waals surface area contributed by atoms with Crippen LogP contribution in [0.1, 0.15) is 26.8 Å². The minimum Gasteiger partial charge on any atom is -0.438 e. The van der Waals surface area contributed by atoms with Crippen LogP contribution < -0.4 is 15.4 Å². The number of hydrogen-bond acceptors (Lipinski definition) is 5. The molecule has 8 heteroatoms. The molecular formula is C26H22FIN4O2. The lowest BCUT2D eigenvalue weighted by molar-refractivity contribution is 0.0937.